The van der Waals surface area contributed by atoms with Crippen molar-refractivity contribution in [3.63, 3.8) is 0 Å². The summed E-state index contributed by atoms with van der Waals surface area (Å²) in [4.78, 5) is 0. The quantitative estimate of drug-likeness (QED) is 0.623. The van der Waals surface area contributed by atoms with Gasteiger partial charge in [0.15, 0.2) is 0 Å². The minimum Gasteiger partial charge on any atom is -0.393 e. The fourth-order valence-corrected chi connectivity index (χ4v) is 2.53. The van der Waals surface area contributed by atoms with Crippen LogP contribution in [0.5, 0.6) is 0 Å². The van der Waals surface area contributed by atoms with Gasteiger partial charge in [-0.1, -0.05) is 6.42 Å². The Hall–Kier alpha value is -0.0800. The molecule has 0 unspecified atom stereocenters. The summed E-state index contributed by atoms with van der Waals surface area (Å²) in [5, 5.41) is 9.36. The minimum atomic E-state index is -0.0678. The zero-order valence-electron chi connectivity index (χ0n) is 7.63. The van der Waals surface area contributed by atoms with Gasteiger partial charge in [-0.3, -0.25) is 0 Å². The fourth-order valence-electron chi connectivity index (χ4n) is 2.53. The van der Waals surface area contributed by atoms with E-state index in [-0.39, 0.29) is 11.6 Å². The maximum Gasteiger partial charge on any atom is 0.0541 e. The molecule has 0 radical (unpaired) electrons. The summed E-state index contributed by atoms with van der Waals surface area (Å²) in [5.41, 5.74) is 6.41. The average molecular weight is 169 g/mol. The molecule has 2 heteroatoms. The fraction of sp³-hybridized carbons (Fsp3) is 1.00. The van der Waals surface area contributed by atoms with Crippen molar-refractivity contribution in [1.82, 2.24) is 0 Å². The summed E-state index contributed by atoms with van der Waals surface area (Å²) in [6.45, 7) is 0. The van der Waals surface area contributed by atoms with Gasteiger partial charge in [-0.05, 0) is 44.4 Å². The van der Waals surface area contributed by atoms with Crippen LogP contribution in [0.2, 0.25) is 0 Å². The summed E-state index contributed by atoms with van der Waals surface area (Å²) in [6, 6.07) is 0. The van der Waals surface area contributed by atoms with Crippen molar-refractivity contribution in [1.29, 1.82) is 0 Å². The van der Waals surface area contributed by atoms with E-state index in [1.165, 1.54) is 19.3 Å². The Morgan fingerprint density at radius 1 is 1.08 bits per heavy atom. The smallest absolute Gasteiger partial charge is 0.0541 e. The van der Waals surface area contributed by atoms with E-state index in [9.17, 15) is 5.11 Å². The van der Waals surface area contributed by atoms with Crippen LogP contribution >= 0.6 is 0 Å². The number of rotatable bonds is 1. The Balaban J connectivity index is 1.92. The highest BCUT2D eigenvalue weighted by atomic mass is 16.3. The first-order valence-corrected chi connectivity index (χ1v) is 5.18. The molecule has 0 saturated heterocycles. The molecule has 3 N–H and O–H groups in total. The largest absolute Gasteiger partial charge is 0.393 e. The predicted octanol–water partition coefficient (Wildman–Crippen LogP) is 1.42. The van der Waals surface area contributed by atoms with Crippen molar-refractivity contribution in [3.8, 4) is 0 Å². The third-order valence-corrected chi connectivity index (χ3v) is 3.80. The Morgan fingerprint density at radius 3 is 2.08 bits per heavy atom. The van der Waals surface area contributed by atoms with Crippen LogP contribution in [0.1, 0.15) is 44.9 Å². The molecule has 2 aliphatic carbocycles. The summed E-state index contributed by atoms with van der Waals surface area (Å²) in [7, 11) is 0. The Labute approximate surface area is 74.1 Å². The van der Waals surface area contributed by atoms with E-state index in [0.29, 0.717) is 0 Å². The predicted molar refractivity (Wildman–Crippen MR) is 48.7 cm³/mol. The molecule has 0 heterocycles. The Kier molecular flexibility index (Phi) is 2.13. The standard InChI is InChI=1S/C10H19NO/c11-10(8-2-1-3-8)6-4-9(12)5-7-10/h8-9,12H,1-7,11H2. The number of hydrogen-bond acceptors (Lipinski definition) is 2. The van der Waals surface area contributed by atoms with Crippen molar-refractivity contribution in [2.75, 3.05) is 0 Å². The van der Waals surface area contributed by atoms with E-state index in [1.54, 1.807) is 0 Å². The van der Waals surface area contributed by atoms with E-state index in [1.807, 2.05) is 0 Å². The maximum absolute atomic E-state index is 9.36. The first kappa shape index (κ1) is 8.52. The lowest BCUT2D eigenvalue weighted by Gasteiger charge is -2.46. The number of nitrogens with two attached hydrogens (primary N) is 1. The summed E-state index contributed by atoms with van der Waals surface area (Å²) >= 11 is 0. The molecule has 12 heavy (non-hydrogen) atoms. The van der Waals surface area contributed by atoms with Crippen LogP contribution in [0, 0.1) is 5.92 Å². The monoisotopic (exact) mass is 169 g/mol. The van der Waals surface area contributed by atoms with Gasteiger partial charge in [0.2, 0.25) is 0 Å². The van der Waals surface area contributed by atoms with Crippen LogP contribution in [0.4, 0.5) is 0 Å². The molecule has 2 aliphatic rings. The summed E-state index contributed by atoms with van der Waals surface area (Å²) in [5.74, 6) is 0.769. The van der Waals surface area contributed by atoms with Gasteiger partial charge in [-0.15, -0.1) is 0 Å². The second-order valence-corrected chi connectivity index (χ2v) is 4.59. The van der Waals surface area contributed by atoms with Crippen molar-refractivity contribution in [3.05, 3.63) is 0 Å². The van der Waals surface area contributed by atoms with Crippen LogP contribution in [-0.4, -0.2) is 16.7 Å². The van der Waals surface area contributed by atoms with Crippen LogP contribution < -0.4 is 5.73 Å². The van der Waals surface area contributed by atoms with Gasteiger partial charge in [0, 0.05) is 5.54 Å². The van der Waals surface area contributed by atoms with Crippen molar-refractivity contribution in [2.45, 2.75) is 56.6 Å². The number of aliphatic hydroxyl groups is 1. The third-order valence-electron chi connectivity index (χ3n) is 3.80. The van der Waals surface area contributed by atoms with E-state index in [0.717, 1.165) is 31.6 Å². The van der Waals surface area contributed by atoms with Crippen molar-refractivity contribution >= 4 is 0 Å². The van der Waals surface area contributed by atoms with Gasteiger partial charge in [0.25, 0.3) is 0 Å². The maximum atomic E-state index is 9.36. The van der Waals surface area contributed by atoms with Crippen LogP contribution in [-0.2, 0) is 0 Å². The second-order valence-electron chi connectivity index (χ2n) is 4.59. The first-order valence-electron chi connectivity index (χ1n) is 5.18. The zero-order valence-corrected chi connectivity index (χ0v) is 7.63. The summed E-state index contributed by atoms with van der Waals surface area (Å²) < 4.78 is 0. The molecule has 0 bridgehead atoms. The summed E-state index contributed by atoms with van der Waals surface area (Å²) in [6.07, 6.45) is 7.88. The lowest BCUT2D eigenvalue weighted by Crippen LogP contribution is -2.52. The molecule has 0 aromatic carbocycles. The Bertz CT molecular complexity index is 157. The molecule has 0 spiro atoms. The molecule has 2 fully saturated rings. The van der Waals surface area contributed by atoms with E-state index < -0.39 is 0 Å². The van der Waals surface area contributed by atoms with Crippen molar-refractivity contribution in [2.24, 2.45) is 11.7 Å². The van der Waals surface area contributed by atoms with Gasteiger partial charge < -0.3 is 10.8 Å². The van der Waals surface area contributed by atoms with E-state index >= 15 is 0 Å². The lowest BCUT2D eigenvalue weighted by molar-refractivity contribution is 0.0517. The third kappa shape index (κ3) is 1.38. The van der Waals surface area contributed by atoms with Gasteiger partial charge >= 0.3 is 0 Å². The SMILES string of the molecule is NC1(C2CCC2)CCC(O)CC1. The van der Waals surface area contributed by atoms with Crippen LogP contribution in [0.25, 0.3) is 0 Å². The molecular weight excluding hydrogens is 150 g/mol. The van der Waals surface area contributed by atoms with Crippen LogP contribution in [0.15, 0.2) is 0 Å². The molecule has 0 atom stereocenters. The average Bonchev–Trinajstić information content (AvgIpc) is 1.92. The molecule has 0 aliphatic heterocycles. The van der Waals surface area contributed by atoms with Gasteiger partial charge in [0.1, 0.15) is 0 Å². The molecule has 2 saturated carbocycles. The van der Waals surface area contributed by atoms with Gasteiger partial charge in [0.05, 0.1) is 6.10 Å². The highest BCUT2D eigenvalue weighted by molar-refractivity contribution is 4.98. The molecule has 0 amide bonds. The molecule has 70 valence electrons. The number of hydrogen-bond donors (Lipinski definition) is 2. The normalized spacial score (nSPS) is 44.0. The van der Waals surface area contributed by atoms with Gasteiger partial charge in [-0.25, -0.2) is 0 Å². The zero-order chi connectivity index (χ0) is 8.60. The Morgan fingerprint density at radius 2 is 1.67 bits per heavy atom. The van der Waals surface area contributed by atoms with Crippen molar-refractivity contribution < 1.29 is 5.11 Å². The highest BCUT2D eigenvalue weighted by Gasteiger charge is 2.40. The molecular formula is C10H19NO. The highest BCUT2D eigenvalue weighted by Crippen LogP contribution is 2.42. The van der Waals surface area contributed by atoms with E-state index in [4.69, 9.17) is 5.73 Å². The lowest BCUT2D eigenvalue weighted by atomic mass is 9.65. The van der Waals surface area contributed by atoms with Gasteiger partial charge in [-0.2, -0.15) is 0 Å². The number of aliphatic hydroxyl groups excluding tert-OH is 1. The molecule has 0 aromatic rings. The molecule has 2 nitrogen and oxygen atoms in total. The minimum absolute atomic E-state index is 0.0678. The molecule has 0 aromatic heterocycles. The van der Waals surface area contributed by atoms with Crippen LogP contribution in [0.3, 0.4) is 0 Å². The first-order chi connectivity index (χ1) is 5.71. The van der Waals surface area contributed by atoms with E-state index in [2.05, 4.69) is 0 Å². The topological polar surface area (TPSA) is 46.2 Å². The molecule has 2 rings (SSSR count). The second kappa shape index (κ2) is 3.00.